The Balaban J connectivity index is 0.000000147. The molecule has 14 aromatic rings. The van der Waals surface area contributed by atoms with Crippen LogP contribution in [0.2, 0.25) is 0 Å². The van der Waals surface area contributed by atoms with Crippen LogP contribution in [0.25, 0.3) is 120 Å². The van der Waals surface area contributed by atoms with Crippen molar-refractivity contribution in [2.45, 2.75) is 38.9 Å². The van der Waals surface area contributed by atoms with E-state index in [2.05, 4.69) is 98.2 Å². The van der Waals surface area contributed by atoms with E-state index in [4.69, 9.17) is 44.9 Å². The number of benzene rings is 14. The standard InChI is InChI=1S/C34H22.C20H21BO2.C20H13Br/c1-2-11-25(12-3-1)33-28-14-6-8-16-30(28)34(31-17-9-7-15-29(31)33)26-21-20-24-19-18-23-10-4-5-13-27(23)32(24)22-26;1-19(2)20(3,4)23-21(22-19)16-12-11-15-10-9-14-7-5-6-8-17(14)18(15)13-16;21-20-17-12-6-4-10-15(17)19(14-8-2-1-3-9-14)16-11-5-7-13-18(16)20/h1-22H;5-13H,1-4H3;1-13H/i1D,2D,3D,6D,7D,8D,9D,11D,12D,14D,15D,16D,17D;;1D,2D,3D,4D,5D,6D,7D,8D,9D,10D,11D,12D,13D. The molecule has 2 nitrogen and oxygen atoms in total. The fourth-order valence-electron chi connectivity index (χ4n) is 10.0. The number of halogens is 1. The quantitative estimate of drug-likeness (QED) is 0.0993. The molecule has 15 rings (SSSR count). The van der Waals surface area contributed by atoms with Crippen LogP contribution in [0, 0.1) is 0 Å². The van der Waals surface area contributed by atoms with Gasteiger partial charge in [0.15, 0.2) is 0 Å². The van der Waals surface area contributed by atoms with Crippen LogP contribution >= 0.6 is 15.9 Å². The van der Waals surface area contributed by atoms with E-state index >= 15 is 0 Å². The minimum Gasteiger partial charge on any atom is -0.399 e. The molecule has 374 valence electrons. The zero-order valence-electron chi connectivity index (χ0n) is 68.2. The van der Waals surface area contributed by atoms with Crippen LogP contribution in [0.3, 0.4) is 0 Å². The van der Waals surface area contributed by atoms with E-state index in [1.807, 2.05) is 48.5 Å². The minimum atomic E-state index is -0.700. The Hall–Kier alpha value is -8.38. The second-order valence-corrected chi connectivity index (χ2v) is 20.3. The predicted octanol–water partition coefficient (Wildman–Crippen LogP) is 20.3. The van der Waals surface area contributed by atoms with Crippen LogP contribution in [0.15, 0.2) is 271 Å². The highest BCUT2D eigenvalue weighted by Crippen LogP contribution is 2.45. The summed E-state index contributed by atoms with van der Waals surface area (Å²) in [6, 6.07) is 20.2. The minimum absolute atomic E-state index is 0.0207. The molecular formula is C74H56BBrO2. The molecule has 0 amide bonds. The highest BCUT2D eigenvalue weighted by atomic mass is 79.9. The van der Waals surface area contributed by atoms with Gasteiger partial charge in [-0.3, -0.25) is 0 Å². The Morgan fingerprint density at radius 1 is 0.321 bits per heavy atom. The summed E-state index contributed by atoms with van der Waals surface area (Å²) in [7, 11) is -0.316. The molecule has 1 aliphatic heterocycles. The monoisotopic (exact) mass is 1090 g/mol. The van der Waals surface area contributed by atoms with Gasteiger partial charge < -0.3 is 9.31 Å². The highest BCUT2D eigenvalue weighted by molar-refractivity contribution is 9.10. The smallest absolute Gasteiger partial charge is 0.399 e. The van der Waals surface area contributed by atoms with Crippen molar-refractivity contribution in [3.8, 4) is 33.4 Å². The topological polar surface area (TPSA) is 18.5 Å². The number of fused-ring (bicyclic) bond motifs is 10. The maximum absolute atomic E-state index is 9.11. The van der Waals surface area contributed by atoms with Crippen molar-refractivity contribution >= 4 is 115 Å². The van der Waals surface area contributed by atoms with Crippen molar-refractivity contribution < 1.29 is 44.9 Å². The van der Waals surface area contributed by atoms with Crippen molar-refractivity contribution in [3.05, 3.63) is 271 Å². The summed E-state index contributed by atoms with van der Waals surface area (Å²) in [5, 5.41) is 7.17. The Kier molecular flexibility index (Phi) is 7.33. The third-order valence-corrected chi connectivity index (χ3v) is 15.3. The third kappa shape index (κ3) is 8.81. The first-order valence-electron chi connectivity index (χ1n) is 37.8. The van der Waals surface area contributed by atoms with E-state index in [9.17, 15) is 0 Å². The fourth-order valence-corrected chi connectivity index (χ4v) is 10.6. The first-order valence-corrected chi connectivity index (χ1v) is 25.6. The van der Waals surface area contributed by atoms with Crippen LogP contribution in [-0.2, 0) is 9.31 Å². The molecule has 0 N–H and O–H groups in total. The van der Waals surface area contributed by atoms with Gasteiger partial charge >= 0.3 is 7.12 Å². The van der Waals surface area contributed by atoms with Crippen molar-refractivity contribution in [1.29, 1.82) is 0 Å². The van der Waals surface area contributed by atoms with Gasteiger partial charge in [-0.25, -0.2) is 0 Å². The van der Waals surface area contributed by atoms with Gasteiger partial charge in [0, 0.05) is 4.47 Å². The lowest BCUT2D eigenvalue weighted by molar-refractivity contribution is 0.00578. The lowest BCUT2D eigenvalue weighted by Gasteiger charge is -2.32. The second-order valence-electron chi connectivity index (χ2n) is 19.5. The lowest BCUT2D eigenvalue weighted by Crippen LogP contribution is -2.41. The summed E-state index contributed by atoms with van der Waals surface area (Å²) in [5.74, 6) is 0. The molecule has 0 radical (unpaired) electrons. The van der Waals surface area contributed by atoms with Crippen LogP contribution < -0.4 is 5.46 Å². The molecule has 4 heteroatoms. The van der Waals surface area contributed by atoms with Gasteiger partial charge in [-0.2, -0.15) is 0 Å². The van der Waals surface area contributed by atoms with Gasteiger partial charge in [0.2, 0.25) is 0 Å². The van der Waals surface area contributed by atoms with E-state index in [-0.39, 0.29) is 82.6 Å². The number of hydrogen-bond donors (Lipinski definition) is 0. The summed E-state index contributed by atoms with van der Waals surface area (Å²) in [4.78, 5) is 0. The Bertz CT molecular complexity index is 5950. The molecule has 0 aromatic heterocycles. The molecular weight excluding hydrogens is 1010 g/mol. The van der Waals surface area contributed by atoms with Crippen LogP contribution in [0.5, 0.6) is 0 Å². The van der Waals surface area contributed by atoms with Gasteiger partial charge in [0.1, 0.15) is 0 Å². The molecule has 78 heavy (non-hydrogen) atoms. The zero-order valence-corrected chi connectivity index (χ0v) is 43.8. The van der Waals surface area contributed by atoms with E-state index in [0.717, 1.165) is 27.0 Å². The average molecular weight is 1090 g/mol. The van der Waals surface area contributed by atoms with Crippen molar-refractivity contribution in [1.82, 2.24) is 0 Å². The molecule has 0 bridgehead atoms. The summed E-state index contributed by atoms with van der Waals surface area (Å²) in [5.41, 5.74) is -0.471. The Morgan fingerprint density at radius 2 is 0.641 bits per heavy atom. The number of rotatable bonds is 4. The molecule has 1 saturated heterocycles. The lowest BCUT2D eigenvalue weighted by atomic mass is 9.78. The van der Waals surface area contributed by atoms with Gasteiger partial charge in [0.25, 0.3) is 0 Å². The number of hydrogen-bond acceptors (Lipinski definition) is 2. The Labute approximate surface area is 501 Å². The largest absolute Gasteiger partial charge is 0.494 e. The van der Waals surface area contributed by atoms with Crippen molar-refractivity contribution in [2.75, 3.05) is 0 Å². The maximum Gasteiger partial charge on any atom is 0.494 e. The van der Waals surface area contributed by atoms with E-state index < -0.39 is 168 Å². The van der Waals surface area contributed by atoms with Gasteiger partial charge in [0.05, 0.1) is 46.8 Å². The fraction of sp³-hybridized carbons (Fsp3) is 0.0811. The first kappa shape index (κ1) is 28.3. The molecule has 0 spiro atoms. The molecule has 1 aliphatic rings. The van der Waals surface area contributed by atoms with Crippen molar-refractivity contribution in [3.63, 3.8) is 0 Å². The average Bonchev–Trinajstić information content (AvgIpc) is 0.841. The normalized spacial score (nSPS) is 18.4. The summed E-state index contributed by atoms with van der Waals surface area (Å²) in [6.07, 6.45) is 0. The van der Waals surface area contributed by atoms with Crippen molar-refractivity contribution in [2.24, 2.45) is 0 Å². The van der Waals surface area contributed by atoms with Gasteiger partial charge in [-0.1, -0.05) is 260 Å². The van der Waals surface area contributed by atoms with Crippen LogP contribution in [0.4, 0.5) is 0 Å². The molecule has 1 heterocycles. The van der Waals surface area contributed by atoms with E-state index in [1.165, 1.54) is 21.5 Å². The SMILES string of the molecule is CC1(C)OB(c2ccc3ccc4ccccc4c3c2)OC1(C)C.[2H]c1c([2H])c([2H])c(-c2c3c([2H])c([2H])c([2H])c([2H])c3c(-c3ccc4ccc5ccccc5c4c3)c3c([2H])c([2H])c([2H])c([2H])c23)c([2H])c1[2H].[2H]c1c([2H])c([2H])c(-c2c3c([2H])c([2H])c([2H])c([2H])c3c(Br)c3c([2H])c([2H])c([2H])c([2H])c23)c([2H])c1[2H]. The van der Waals surface area contributed by atoms with E-state index in [0.29, 0.717) is 5.56 Å². The molecule has 14 aromatic carbocycles. The predicted molar refractivity (Wildman–Crippen MR) is 339 cm³/mol. The molecule has 0 unspecified atom stereocenters. The van der Waals surface area contributed by atoms with Crippen LogP contribution in [0.1, 0.15) is 63.3 Å². The van der Waals surface area contributed by atoms with Gasteiger partial charge in [-0.05, 0) is 175 Å². The third-order valence-electron chi connectivity index (χ3n) is 14.5. The van der Waals surface area contributed by atoms with E-state index in [1.54, 1.807) is 6.07 Å². The summed E-state index contributed by atoms with van der Waals surface area (Å²) >= 11 is 3.26. The molecule has 0 aliphatic carbocycles. The zero-order chi connectivity index (χ0) is 75.6. The van der Waals surface area contributed by atoms with Gasteiger partial charge in [-0.15, -0.1) is 0 Å². The highest BCUT2D eigenvalue weighted by Gasteiger charge is 2.51. The van der Waals surface area contributed by atoms with Crippen LogP contribution in [-0.4, -0.2) is 18.3 Å². The maximum atomic E-state index is 9.11. The summed E-state index contributed by atoms with van der Waals surface area (Å²) in [6.45, 7) is 8.35. The molecule has 1 fully saturated rings. The molecule has 0 saturated carbocycles. The first-order chi connectivity index (χ1) is 48.9. The summed E-state index contributed by atoms with van der Waals surface area (Å²) < 4.78 is 233. The second kappa shape index (κ2) is 20.2. The Morgan fingerprint density at radius 3 is 1.08 bits per heavy atom. The molecule has 0 atom stereocenters.